The maximum absolute atomic E-state index is 12.3. The first kappa shape index (κ1) is 15.2. The first-order chi connectivity index (χ1) is 10.3. The summed E-state index contributed by atoms with van der Waals surface area (Å²) < 4.78 is 7.52. The third-order valence-electron chi connectivity index (χ3n) is 3.89. The van der Waals surface area contributed by atoms with Gasteiger partial charge in [-0.1, -0.05) is 6.07 Å². The summed E-state index contributed by atoms with van der Waals surface area (Å²) in [5, 5.41) is 0. The summed E-state index contributed by atoms with van der Waals surface area (Å²) in [7, 11) is 0. The summed E-state index contributed by atoms with van der Waals surface area (Å²) in [5.74, 6) is 0. The Balaban J connectivity index is 1.88. The molecule has 0 bridgehead atoms. The van der Waals surface area contributed by atoms with E-state index in [1.165, 1.54) is 0 Å². The highest BCUT2D eigenvalue weighted by molar-refractivity contribution is 5.39. The number of nitrogens with zero attached hydrogens (tertiary/aromatic N) is 3. The van der Waals surface area contributed by atoms with Gasteiger partial charge in [0, 0.05) is 31.9 Å². The number of rotatable bonds is 2. The molecule has 0 spiro atoms. The molecule has 2 aromatic rings. The number of morpholine rings is 1. The van der Waals surface area contributed by atoms with Crippen LogP contribution < -0.4 is 5.56 Å². The van der Waals surface area contributed by atoms with Crippen molar-refractivity contribution in [2.24, 2.45) is 0 Å². The number of aromatic nitrogens is 2. The lowest BCUT2D eigenvalue weighted by Crippen LogP contribution is -2.51. The van der Waals surface area contributed by atoms with E-state index in [1.54, 1.807) is 10.5 Å². The molecule has 0 radical (unpaired) electrons. The van der Waals surface area contributed by atoms with Gasteiger partial charge in [0.2, 0.25) is 0 Å². The van der Waals surface area contributed by atoms with E-state index in [0.717, 1.165) is 24.3 Å². The first-order valence-electron chi connectivity index (χ1n) is 7.71. The molecule has 0 aromatic carbocycles. The zero-order valence-corrected chi connectivity index (χ0v) is 13.7. The number of pyridine rings is 1. The Hall–Kier alpha value is -1.72. The second-order valence-electron chi connectivity index (χ2n) is 6.88. The van der Waals surface area contributed by atoms with E-state index in [9.17, 15) is 4.79 Å². The van der Waals surface area contributed by atoms with E-state index in [4.69, 9.17) is 4.74 Å². The van der Waals surface area contributed by atoms with E-state index in [0.29, 0.717) is 12.2 Å². The quantitative estimate of drug-likeness (QED) is 0.851. The smallest absolute Gasteiger partial charge is 0.258 e. The molecule has 0 unspecified atom stereocenters. The van der Waals surface area contributed by atoms with Crippen molar-refractivity contribution in [2.75, 3.05) is 13.1 Å². The van der Waals surface area contributed by atoms with Crippen molar-refractivity contribution in [2.45, 2.75) is 45.9 Å². The van der Waals surface area contributed by atoms with Crippen molar-refractivity contribution in [3.8, 4) is 0 Å². The van der Waals surface area contributed by atoms with Crippen molar-refractivity contribution >= 4 is 5.65 Å². The molecule has 118 valence electrons. The first-order valence-corrected chi connectivity index (χ1v) is 7.71. The molecule has 2 aromatic heterocycles. The van der Waals surface area contributed by atoms with Crippen LogP contribution in [0.25, 0.3) is 5.65 Å². The molecule has 1 atom stereocenters. The third-order valence-corrected chi connectivity index (χ3v) is 3.89. The Bertz CT molecular complexity index is 751. The Kier molecular flexibility index (Phi) is 3.78. The van der Waals surface area contributed by atoms with Crippen LogP contribution in [0.1, 0.15) is 32.0 Å². The third kappa shape index (κ3) is 3.20. The molecular formula is C17H23N3O2. The second-order valence-corrected chi connectivity index (χ2v) is 6.88. The summed E-state index contributed by atoms with van der Waals surface area (Å²) in [4.78, 5) is 19.2. The lowest BCUT2D eigenvalue weighted by atomic mass is 10.1. The van der Waals surface area contributed by atoms with Crippen LogP contribution in [0.5, 0.6) is 0 Å². The van der Waals surface area contributed by atoms with Gasteiger partial charge in [-0.3, -0.25) is 14.1 Å². The topological polar surface area (TPSA) is 46.8 Å². The molecule has 0 amide bonds. The average molecular weight is 301 g/mol. The van der Waals surface area contributed by atoms with Crippen LogP contribution in [0, 0.1) is 6.92 Å². The van der Waals surface area contributed by atoms with E-state index in [-0.39, 0.29) is 17.3 Å². The molecule has 22 heavy (non-hydrogen) atoms. The molecule has 5 nitrogen and oxygen atoms in total. The summed E-state index contributed by atoms with van der Waals surface area (Å²) in [6, 6.07) is 5.51. The van der Waals surface area contributed by atoms with Crippen LogP contribution in [-0.4, -0.2) is 39.1 Å². The van der Waals surface area contributed by atoms with E-state index in [2.05, 4.69) is 30.7 Å². The number of fused-ring (bicyclic) bond motifs is 1. The second kappa shape index (κ2) is 5.48. The normalized spacial score (nSPS) is 22.1. The van der Waals surface area contributed by atoms with Crippen molar-refractivity contribution in [1.29, 1.82) is 0 Å². The van der Waals surface area contributed by atoms with Gasteiger partial charge in [-0.25, -0.2) is 4.98 Å². The highest BCUT2D eigenvalue weighted by Crippen LogP contribution is 2.21. The lowest BCUT2D eigenvalue weighted by Gasteiger charge is -2.41. The largest absolute Gasteiger partial charge is 0.370 e. The highest BCUT2D eigenvalue weighted by Gasteiger charge is 2.31. The summed E-state index contributed by atoms with van der Waals surface area (Å²) in [6.07, 6.45) is 2.02. The Morgan fingerprint density at radius 1 is 1.41 bits per heavy atom. The van der Waals surface area contributed by atoms with Crippen molar-refractivity contribution in [1.82, 2.24) is 14.3 Å². The predicted octanol–water partition coefficient (Wildman–Crippen LogP) is 2.00. The lowest BCUT2D eigenvalue weighted by molar-refractivity contribution is -0.130. The van der Waals surface area contributed by atoms with Gasteiger partial charge in [-0.15, -0.1) is 0 Å². The fraction of sp³-hybridized carbons (Fsp3) is 0.529. The standard InChI is InChI=1S/C17H23N3O2/c1-12-5-6-15-18-14(7-16(21)20(15)8-12)10-19-9-13(2)22-17(3,4)11-19/h5-8,13H,9-11H2,1-4H3/t13-/m0/s1. The zero-order chi connectivity index (χ0) is 15.9. The highest BCUT2D eigenvalue weighted by atomic mass is 16.5. The molecule has 1 fully saturated rings. The van der Waals surface area contributed by atoms with Crippen LogP contribution in [-0.2, 0) is 11.3 Å². The van der Waals surface area contributed by atoms with Crippen molar-refractivity contribution in [3.63, 3.8) is 0 Å². The van der Waals surface area contributed by atoms with Crippen molar-refractivity contribution < 1.29 is 4.74 Å². The van der Waals surface area contributed by atoms with E-state index in [1.807, 2.05) is 25.3 Å². The molecule has 1 aliphatic rings. The maximum Gasteiger partial charge on any atom is 0.258 e. The van der Waals surface area contributed by atoms with Crippen LogP contribution in [0.4, 0.5) is 0 Å². The van der Waals surface area contributed by atoms with Gasteiger partial charge in [-0.05, 0) is 39.3 Å². The van der Waals surface area contributed by atoms with Crippen LogP contribution in [0.3, 0.4) is 0 Å². The van der Waals surface area contributed by atoms with Crippen LogP contribution in [0.15, 0.2) is 29.2 Å². The molecule has 0 saturated carbocycles. The number of hydrogen-bond donors (Lipinski definition) is 0. The summed E-state index contributed by atoms with van der Waals surface area (Å²) >= 11 is 0. The molecule has 0 aliphatic carbocycles. The van der Waals surface area contributed by atoms with Gasteiger partial charge >= 0.3 is 0 Å². The minimum absolute atomic E-state index is 0.0238. The molecule has 0 N–H and O–H groups in total. The van der Waals surface area contributed by atoms with Gasteiger partial charge < -0.3 is 4.74 Å². The molecule has 3 rings (SSSR count). The summed E-state index contributed by atoms with van der Waals surface area (Å²) in [6.45, 7) is 10.6. The van der Waals surface area contributed by atoms with Gasteiger partial charge in [0.05, 0.1) is 17.4 Å². The van der Waals surface area contributed by atoms with E-state index < -0.39 is 0 Å². The van der Waals surface area contributed by atoms with E-state index >= 15 is 0 Å². The maximum atomic E-state index is 12.3. The fourth-order valence-electron chi connectivity index (χ4n) is 3.27. The van der Waals surface area contributed by atoms with Crippen LogP contribution in [0.2, 0.25) is 0 Å². The Morgan fingerprint density at radius 3 is 2.91 bits per heavy atom. The van der Waals surface area contributed by atoms with Crippen molar-refractivity contribution in [3.05, 3.63) is 46.0 Å². The average Bonchev–Trinajstić information content (AvgIpc) is 2.37. The number of hydrogen-bond acceptors (Lipinski definition) is 4. The minimum atomic E-state index is -0.166. The van der Waals surface area contributed by atoms with Gasteiger partial charge in [0.25, 0.3) is 5.56 Å². The predicted molar refractivity (Wildman–Crippen MR) is 86.1 cm³/mol. The monoisotopic (exact) mass is 301 g/mol. The molecule has 3 heterocycles. The van der Waals surface area contributed by atoms with Gasteiger partial charge in [0.15, 0.2) is 0 Å². The SMILES string of the molecule is Cc1ccc2nc(CN3C[C@H](C)OC(C)(C)C3)cc(=O)n2c1. The summed E-state index contributed by atoms with van der Waals surface area (Å²) in [5.41, 5.74) is 2.38. The van der Waals surface area contributed by atoms with Gasteiger partial charge in [-0.2, -0.15) is 0 Å². The number of ether oxygens (including phenoxy) is 1. The molecule has 1 aliphatic heterocycles. The van der Waals surface area contributed by atoms with Crippen LogP contribution >= 0.6 is 0 Å². The Morgan fingerprint density at radius 2 is 2.18 bits per heavy atom. The molecular weight excluding hydrogens is 278 g/mol. The minimum Gasteiger partial charge on any atom is -0.370 e. The fourth-order valence-corrected chi connectivity index (χ4v) is 3.27. The zero-order valence-electron chi connectivity index (χ0n) is 13.7. The Labute approximate surface area is 130 Å². The molecule has 5 heteroatoms. The van der Waals surface area contributed by atoms with Gasteiger partial charge in [0.1, 0.15) is 5.65 Å². The molecule has 1 saturated heterocycles. The number of aryl methyl sites for hydroxylation is 1.